The fourth-order valence-electron chi connectivity index (χ4n) is 1.35. The third kappa shape index (κ3) is 3.80. The SMILES string of the molecule is CC(NC(=O)N(C)Cc1ccco1)C(C)C(=O)O. The first-order valence-electron chi connectivity index (χ1n) is 5.68. The normalized spacial score (nSPS) is 13.7. The van der Waals surface area contributed by atoms with E-state index in [0.29, 0.717) is 12.3 Å². The van der Waals surface area contributed by atoms with Crippen molar-refractivity contribution in [2.24, 2.45) is 5.92 Å². The maximum absolute atomic E-state index is 11.8. The summed E-state index contributed by atoms with van der Waals surface area (Å²) in [4.78, 5) is 24.0. The number of urea groups is 1. The van der Waals surface area contributed by atoms with Gasteiger partial charge in [-0.05, 0) is 26.0 Å². The van der Waals surface area contributed by atoms with Crippen molar-refractivity contribution in [2.45, 2.75) is 26.4 Å². The van der Waals surface area contributed by atoms with Gasteiger partial charge in [-0.15, -0.1) is 0 Å². The lowest BCUT2D eigenvalue weighted by Gasteiger charge is -2.22. The zero-order valence-corrected chi connectivity index (χ0v) is 10.7. The summed E-state index contributed by atoms with van der Waals surface area (Å²) in [6, 6.07) is 2.75. The second-order valence-electron chi connectivity index (χ2n) is 4.30. The Labute approximate surface area is 106 Å². The van der Waals surface area contributed by atoms with E-state index in [4.69, 9.17) is 9.52 Å². The van der Waals surface area contributed by atoms with Gasteiger partial charge in [-0.1, -0.05) is 0 Å². The molecule has 1 rings (SSSR count). The molecular weight excluding hydrogens is 236 g/mol. The molecule has 0 saturated heterocycles. The number of aliphatic carboxylic acids is 1. The molecule has 6 heteroatoms. The molecule has 0 spiro atoms. The molecule has 0 fully saturated rings. The van der Waals surface area contributed by atoms with Crippen LogP contribution in [-0.2, 0) is 11.3 Å². The van der Waals surface area contributed by atoms with Crippen LogP contribution in [-0.4, -0.2) is 35.1 Å². The van der Waals surface area contributed by atoms with Gasteiger partial charge in [0.15, 0.2) is 0 Å². The molecule has 6 nitrogen and oxygen atoms in total. The highest BCUT2D eigenvalue weighted by Crippen LogP contribution is 2.06. The van der Waals surface area contributed by atoms with Gasteiger partial charge in [0.25, 0.3) is 0 Å². The summed E-state index contributed by atoms with van der Waals surface area (Å²) in [5, 5.41) is 11.5. The van der Waals surface area contributed by atoms with Crippen LogP contribution in [0.4, 0.5) is 4.79 Å². The molecule has 2 amide bonds. The molecule has 0 aliphatic rings. The summed E-state index contributed by atoms with van der Waals surface area (Å²) in [5.41, 5.74) is 0. The van der Waals surface area contributed by atoms with E-state index in [1.807, 2.05) is 0 Å². The lowest BCUT2D eigenvalue weighted by Crippen LogP contribution is -2.45. The Bertz CT molecular complexity index is 402. The second kappa shape index (κ2) is 6.09. The molecule has 0 bridgehead atoms. The molecule has 0 saturated carbocycles. The summed E-state index contributed by atoms with van der Waals surface area (Å²) >= 11 is 0. The summed E-state index contributed by atoms with van der Waals surface area (Å²) in [7, 11) is 1.62. The first-order valence-corrected chi connectivity index (χ1v) is 5.68. The summed E-state index contributed by atoms with van der Waals surface area (Å²) < 4.78 is 5.13. The molecular formula is C12H18N2O4. The molecule has 1 heterocycles. The Balaban J connectivity index is 2.47. The molecule has 0 radical (unpaired) electrons. The second-order valence-corrected chi connectivity index (χ2v) is 4.30. The van der Waals surface area contributed by atoms with E-state index >= 15 is 0 Å². The van der Waals surface area contributed by atoms with Crippen molar-refractivity contribution in [1.82, 2.24) is 10.2 Å². The van der Waals surface area contributed by atoms with E-state index in [-0.39, 0.29) is 6.03 Å². The number of hydrogen-bond donors (Lipinski definition) is 2. The van der Waals surface area contributed by atoms with Crippen LogP contribution in [0.5, 0.6) is 0 Å². The fourth-order valence-corrected chi connectivity index (χ4v) is 1.35. The van der Waals surface area contributed by atoms with E-state index in [2.05, 4.69) is 5.32 Å². The minimum atomic E-state index is -0.934. The van der Waals surface area contributed by atoms with Gasteiger partial charge >= 0.3 is 12.0 Å². The smallest absolute Gasteiger partial charge is 0.317 e. The Kier molecular flexibility index (Phi) is 4.76. The highest BCUT2D eigenvalue weighted by molar-refractivity contribution is 5.76. The van der Waals surface area contributed by atoms with E-state index in [1.54, 1.807) is 33.0 Å². The molecule has 100 valence electrons. The highest BCUT2D eigenvalue weighted by Gasteiger charge is 2.22. The van der Waals surface area contributed by atoms with Crippen LogP contribution in [0.25, 0.3) is 0 Å². The van der Waals surface area contributed by atoms with E-state index in [9.17, 15) is 9.59 Å². The Morgan fingerprint density at radius 1 is 1.50 bits per heavy atom. The summed E-state index contributed by atoms with van der Waals surface area (Å²) in [6.45, 7) is 3.56. The minimum absolute atomic E-state index is 0.327. The number of hydrogen-bond acceptors (Lipinski definition) is 3. The Morgan fingerprint density at radius 2 is 2.17 bits per heavy atom. The molecule has 2 atom stereocenters. The van der Waals surface area contributed by atoms with Gasteiger partial charge < -0.3 is 19.7 Å². The molecule has 0 aliphatic carbocycles. The molecule has 2 N–H and O–H groups in total. The number of furan rings is 1. The maximum Gasteiger partial charge on any atom is 0.317 e. The predicted molar refractivity (Wildman–Crippen MR) is 65.0 cm³/mol. The van der Waals surface area contributed by atoms with Crippen molar-refractivity contribution >= 4 is 12.0 Å². The number of carboxylic acid groups (broad SMARTS) is 1. The molecule has 1 aromatic rings. The van der Waals surface area contributed by atoms with Gasteiger partial charge in [0.2, 0.25) is 0 Å². The van der Waals surface area contributed by atoms with Crippen molar-refractivity contribution in [2.75, 3.05) is 7.05 Å². The molecule has 18 heavy (non-hydrogen) atoms. The molecule has 0 aromatic carbocycles. The predicted octanol–water partition coefficient (Wildman–Crippen LogP) is 1.53. The Morgan fingerprint density at radius 3 is 2.67 bits per heavy atom. The number of rotatable bonds is 5. The number of nitrogens with one attached hydrogen (secondary N) is 1. The Hall–Kier alpha value is -1.98. The van der Waals surface area contributed by atoms with Crippen molar-refractivity contribution < 1.29 is 19.1 Å². The number of nitrogens with zero attached hydrogens (tertiary/aromatic N) is 1. The minimum Gasteiger partial charge on any atom is -0.481 e. The zero-order valence-electron chi connectivity index (χ0n) is 10.7. The van der Waals surface area contributed by atoms with Crippen LogP contribution >= 0.6 is 0 Å². The van der Waals surface area contributed by atoms with E-state index in [1.165, 1.54) is 11.2 Å². The zero-order chi connectivity index (χ0) is 13.7. The molecule has 1 aromatic heterocycles. The average Bonchev–Trinajstić information content (AvgIpc) is 2.80. The molecule has 2 unspecified atom stereocenters. The van der Waals surface area contributed by atoms with Crippen molar-refractivity contribution in [3.05, 3.63) is 24.2 Å². The first kappa shape index (κ1) is 14.1. The quantitative estimate of drug-likeness (QED) is 0.834. The highest BCUT2D eigenvalue weighted by atomic mass is 16.4. The lowest BCUT2D eigenvalue weighted by atomic mass is 10.0. The lowest BCUT2D eigenvalue weighted by molar-refractivity contribution is -0.141. The van der Waals surface area contributed by atoms with Crippen LogP contribution in [0.15, 0.2) is 22.8 Å². The van der Waals surface area contributed by atoms with Gasteiger partial charge in [0.05, 0.1) is 18.7 Å². The van der Waals surface area contributed by atoms with Gasteiger partial charge in [-0.3, -0.25) is 4.79 Å². The number of carboxylic acids is 1. The number of amides is 2. The van der Waals surface area contributed by atoms with Crippen LogP contribution in [0.1, 0.15) is 19.6 Å². The van der Waals surface area contributed by atoms with E-state index < -0.39 is 17.9 Å². The van der Waals surface area contributed by atoms with Crippen LogP contribution in [0.3, 0.4) is 0 Å². The monoisotopic (exact) mass is 254 g/mol. The van der Waals surface area contributed by atoms with Gasteiger partial charge in [-0.25, -0.2) is 4.79 Å². The van der Waals surface area contributed by atoms with Gasteiger partial charge in [-0.2, -0.15) is 0 Å². The third-order valence-electron chi connectivity index (χ3n) is 2.81. The number of carbonyl (C=O) groups excluding carboxylic acids is 1. The third-order valence-corrected chi connectivity index (χ3v) is 2.81. The summed E-state index contributed by atoms with van der Waals surface area (Å²) in [5.74, 6) is -0.894. The number of carbonyl (C=O) groups is 2. The molecule has 0 aliphatic heterocycles. The van der Waals surface area contributed by atoms with Crippen LogP contribution < -0.4 is 5.32 Å². The largest absolute Gasteiger partial charge is 0.481 e. The van der Waals surface area contributed by atoms with Gasteiger partial charge in [0, 0.05) is 13.1 Å². The van der Waals surface area contributed by atoms with Crippen molar-refractivity contribution in [1.29, 1.82) is 0 Å². The first-order chi connectivity index (χ1) is 8.41. The van der Waals surface area contributed by atoms with Crippen molar-refractivity contribution in [3.63, 3.8) is 0 Å². The topological polar surface area (TPSA) is 82.8 Å². The summed E-state index contributed by atoms with van der Waals surface area (Å²) in [6.07, 6.45) is 1.54. The fraction of sp³-hybridized carbons (Fsp3) is 0.500. The van der Waals surface area contributed by atoms with Crippen molar-refractivity contribution in [3.8, 4) is 0 Å². The van der Waals surface area contributed by atoms with E-state index in [0.717, 1.165) is 0 Å². The van der Waals surface area contributed by atoms with Crippen LogP contribution in [0.2, 0.25) is 0 Å². The average molecular weight is 254 g/mol. The maximum atomic E-state index is 11.8. The van der Waals surface area contributed by atoms with Gasteiger partial charge in [0.1, 0.15) is 5.76 Å². The van der Waals surface area contributed by atoms with Crippen LogP contribution in [0, 0.1) is 5.92 Å². The standard InChI is InChI=1S/C12H18N2O4/c1-8(11(15)16)9(2)13-12(17)14(3)7-10-5-4-6-18-10/h4-6,8-9H,7H2,1-3H3,(H,13,17)(H,15,16).